The highest BCUT2D eigenvalue weighted by molar-refractivity contribution is 5.92. The maximum Gasteiger partial charge on any atom is 0.245 e. The summed E-state index contributed by atoms with van der Waals surface area (Å²) < 4.78 is 10.4. The molecule has 0 saturated carbocycles. The molecule has 0 radical (unpaired) electrons. The fraction of sp³-hybridized carbons (Fsp3) is 0.444. The van der Waals surface area contributed by atoms with Crippen molar-refractivity contribution in [3.8, 4) is 17.6 Å². The van der Waals surface area contributed by atoms with E-state index in [0.29, 0.717) is 24.3 Å². The predicted octanol–water partition coefficient (Wildman–Crippen LogP) is 1.82. The zero-order chi connectivity index (χ0) is 17.6. The Balaban J connectivity index is 2.04. The molecule has 0 bridgehead atoms. The van der Waals surface area contributed by atoms with E-state index in [4.69, 9.17) is 9.47 Å². The molecule has 1 aromatic carbocycles. The van der Waals surface area contributed by atoms with Crippen molar-refractivity contribution in [3.05, 3.63) is 29.8 Å². The van der Waals surface area contributed by atoms with Gasteiger partial charge in [-0.2, -0.15) is 5.26 Å². The topological polar surface area (TPSA) is 74.6 Å². The number of piperidine rings is 1. The van der Waals surface area contributed by atoms with Gasteiger partial charge in [-0.05, 0) is 43.7 Å². The average molecular weight is 329 g/mol. The van der Waals surface area contributed by atoms with E-state index in [1.165, 1.54) is 6.08 Å². The molecule has 1 fully saturated rings. The number of rotatable bonds is 5. The molecule has 6 heteroatoms. The third kappa shape index (κ3) is 4.27. The SMILES string of the molecule is COc1ccc(C=CC(=O)NC2(C#N)CCN(C)CC2)cc1OC. The Morgan fingerprint density at radius 3 is 2.54 bits per heavy atom. The van der Waals surface area contributed by atoms with Gasteiger partial charge in [0.05, 0.1) is 20.3 Å². The van der Waals surface area contributed by atoms with E-state index in [9.17, 15) is 10.1 Å². The van der Waals surface area contributed by atoms with E-state index >= 15 is 0 Å². The lowest BCUT2D eigenvalue weighted by molar-refractivity contribution is -0.118. The molecule has 1 amide bonds. The van der Waals surface area contributed by atoms with E-state index in [0.717, 1.165) is 18.7 Å². The number of hydrogen-bond acceptors (Lipinski definition) is 5. The molecular weight excluding hydrogens is 306 g/mol. The Morgan fingerprint density at radius 1 is 1.29 bits per heavy atom. The first kappa shape index (κ1) is 17.8. The van der Waals surface area contributed by atoms with Gasteiger partial charge in [-0.3, -0.25) is 4.79 Å². The minimum Gasteiger partial charge on any atom is -0.493 e. The third-order valence-corrected chi connectivity index (χ3v) is 4.25. The van der Waals surface area contributed by atoms with Crippen molar-refractivity contribution in [1.29, 1.82) is 5.26 Å². The minimum atomic E-state index is -0.772. The van der Waals surface area contributed by atoms with Gasteiger partial charge in [-0.15, -0.1) is 0 Å². The van der Waals surface area contributed by atoms with Crippen LogP contribution in [0.15, 0.2) is 24.3 Å². The first-order valence-corrected chi connectivity index (χ1v) is 7.84. The van der Waals surface area contributed by atoms with Crippen molar-refractivity contribution in [2.75, 3.05) is 34.4 Å². The van der Waals surface area contributed by atoms with Gasteiger partial charge in [0.15, 0.2) is 11.5 Å². The lowest BCUT2D eigenvalue weighted by Crippen LogP contribution is -2.53. The summed E-state index contributed by atoms with van der Waals surface area (Å²) in [6.07, 6.45) is 4.40. The van der Waals surface area contributed by atoms with Crippen LogP contribution in [0.5, 0.6) is 11.5 Å². The predicted molar refractivity (Wildman–Crippen MR) is 91.8 cm³/mol. The molecule has 128 valence electrons. The number of likely N-dealkylation sites (tertiary alicyclic amines) is 1. The molecule has 0 atom stereocenters. The molecule has 2 rings (SSSR count). The lowest BCUT2D eigenvalue weighted by Gasteiger charge is -2.35. The number of amides is 1. The molecule has 0 aromatic heterocycles. The quantitative estimate of drug-likeness (QED) is 0.834. The van der Waals surface area contributed by atoms with Crippen LogP contribution in [0.4, 0.5) is 0 Å². The van der Waals surface area contributed by atoms with Crippen LogP contribution in [0.25, 0.3) is 6.08 Å². The zero-order valence-electron chi connectivity index (χ0n) is 14.3. The molecule has 0 unspecified atom stereocenters. The summed E-state index contributed by atoms with van der Waals surface area (Å²) in [7, 11) is 5.15. The number of carbonyl (C=O) groups excluding carboxylic acids is 1. The summed E-state index contributed by atoms with van der Waals surface area (Å²) in [4.78, 5) is 14.3. The van der Waals surface area contributed by atoms with E-state index in [1.807, 2.05) is 13.1 Å². The number of benzene rings is 1. The maximum absolute atomic E-state index is 12.2. The van der Waals surface area contributed by atoms with E-state index in [1.54, 1.807) is 32.4 Å². The van der Waals surface area contributed by atoms with Gasteiger partial charge >= 0.3 is 0 Å². The van der Waals surface area contributed by atoms with Gasteiger partial charge < -0.3 is 19.7 Å². The number of ether oxygens (including phenoxy) is 2. The summed E-state index contributed by atoms with van der Waals surface area (Å²) in [6.45, 7) is 1.60. The highest BCUT2D eigenvalue weighted by Crippen LogP contribution is 2.28. The van der Waals surface area contributed by atoms with Crippen LogP contribution in [-0.4, -0.2) is 50.7 Å². The highest BCUT2D eigenvalue weighted by Gasteiger charge is 2.34. The summed E-state index contributed by atoms with van der Waals surface area (Å²) in [6, 6.07) is 7.68. The molecule has 1 aliphatic heterocycles. The second-order valence-electron chi connectivity index (χ2n) is 5.93. The maximum atomic E-state index is 12.2. The average Bonchev–Trinajstić information content (AvgIpc) is 2.61. The minimum absolute atomic E-state index is 0.268. The second kappa shape index (κ2) is 7.84. The molecule has 6 nitrogen and oxygen atoms in total. The van der Waals surface area contributed by atoms with Crippen molar-refractivity contribution in [2.24, 2.45) is 0 Å². The van der Waals surface area contributed by atoms with Crippen molar-refractivity contribution >= 4 is 12.0 Å². The molecule has 1 aliphatic rings. The van der Waals surface area contributed by atoms with Gasteiger partial charge in [0.2, 0.25) is 5.91 Å². The van der Waals surface area contributed by atoms with Crippen molar-refractivity contribution < 1.29 is 14.3 Å². The fourth-order valence-corrected chi connectivity index (χ4v) is 2.67. The molecule has 1 aromatic rings. The normalized spacial score (nSPS) is 17.2. The van der Waals surface area contributed by atoms with Crippen LogP contribution in [0.2, 0.25) is 0 Å². The Labute approximate surface area is 142 Å². The van der Waals surface area contributed by atoms with Gasteiger partial charge in [-0.1, -0.05) is 6.07 Å². The number of nitriles is 1. The largest absolute Gasteiger partial charge is 0.493 e. The van der Waals surface area contributed by atoms with Crippen molar-refractivity contribution in [3.63, 3.8) is 0 Å². The molecule has 24 heavy (non-hydrogen) atoms. The molecule has 1 heterocycles. The number of methoxy groups -OCH3 is 2. The summed E-state index contributed by atoms with van der Waals surface area (Å²) >= 11 is 0. The summed E-state index contributed by atoms with van der Waals surface area (Å²) in [5.41, 5.74) is 0.0445. The number of nitrogens with one attached hydrogen (secondary N) is 1. The first-order valence-electron chi connectivity index (χ1n) is 7.84. The van der Waals surface area contributed by atoms with Gasteiger partial charge in [0, 0.05) is 19.2 Å². The highest BCUT2D eigenvalue weighted by atomic mass is 16.5. The van der Waals surface area contributed by atoms with Crippen LogP contribution in [-0.2, 0) is 4.79 Å². The Kier molecular flexibility index (Phi) is 5.83. The summed E-state index contributed by atoms with van der Waals surface area (Å²) in [5, 5.41) is 12.3. The first-order chi connectivity index (χ1) is 11.5. The Bertz CT molecular complexity index is 656. The number of nitrogens with zero attached hydrogens (tertiary/aromatic N) is 2. The third-order valence-electron chi connectivity index (χ3n) is 4.25. The lowest BCUT2D eigenvalue weighted by atomic mass is 9.89. The van der Waals surface area contributed by atoms with Crippen LogP contribution in [0, 0.1) is 11.3 Å². The van der Waals surface area contributed by atoms with Gasteiger partial charge in [0.1, 0.15) is 5.54 Å². The molecular formula is C18H23N3O3. The molecule has 0 spiro atoms. The number of hydrogen-bond donors (Lipinski definition) is 1. The van der Waals surface area contributed by atoms with Gasteiger partial charge in [0.25, 0.3) is 0 Å². The Hall–Kier alpha value is -2.52. The number of carbonyl (C=O) groups is 1. The smallest absolute Gasteiger partial charge is 0.245 e. The Morgan fingerprint density at radius 2 is 1.96 bits per heavy atom. The van der Waals surface area contributed by atoms with Gasteiger partial charge in [-0.25, -0.2) is 0 Å². The second-order valence-corrected chi connectivity index (χ2v) is 5.93. The fourth-order valence-electron chi connectivity index (χ4n) is 2.67. The van der Waals surface area contributed by atoms with E-state index in [-0.39, 0.29) is 5.91 Å². The van der Waals surface area contributed by atoms with Crippen molar-refractivity contribution in [1.82, 2.24) is 10.2 Å². The van der Waals surface area contributed by atoms with Crippen LogP contribution in [0.1, 0.15) is 18.4 Å². The van der Waals surface area contributed by atoms with E-state index < -0.39 is 5.54 Å². The van der Waals surface area contributed by atoms with Crippen molar-refractivity contribution in [2.45, 2.75) is 18.4 Å². The monoisotopic (exact) mass is 329 g/mol. The van der Waals surface area contributed by atoms with E-state index in [2.05, 4.69) is 16.3 Å². The zero-order valence-corrected chi connectivity index (χ0v) is 14.3. The molecule has 1 N–H and O–H groups in total. The standard InChI is InChI=1S/C18H23N3O3/c1-21-10-8-18(13-19,9-11-21)20-17(22)7-5-14-4-6-15(23-2)16(12-14)24-3/h4-7,12H,8-11H2,1-3H3,(H,20,22). The van der Waals surface area contributed by atoms with Crippen LogP contribution < -0.4 is 14.8 Å². The van der Waals surface area contributed by atoms with Crippen LogP contribution in [0.3, 0.4) is 0 Å². The molecule has 1 saturated heterocycles. The van der Waals surface area contributed by atoms with Crippen LogP contribution >= 0.6 is 0 Å². The summed E-state index contributed by atoms with van der Waals surface area (Å²) in [5.74, 6) is 0.966. The molecule has 0 aliphatic carbocycles.